The maximum Gasteiger partial charge on any atom is 0.262 e. The molecule has 0 aromatic heterocycles. The van der Waals surface area contributed by atoms with Crippen LogP contribution in [0.5, 0.6) is 0 Å². The average Bonchev–Trinajstić information content (AvgIpc) is 3.04. The molecule has 178 valence electrons. The van der Waals surface area contributed by atoms with Crippen LogP contribution in [0.25, 0.3) is 0 Å². The molecule has 2 saturated carbocycles. The number of hydrogen-bond acceptors (Lipinski definition) is 7. The van der Waals surface area contributed by atoms with Crippen molar-refractivity contribution in [1.82, 2.24) is 14.9 Å². The monoisotopic (exact) mass is 507 g/mol. The molecule has 0 saturated heterocycles. The number of sulfonamides is 2. The quantitative estimate of drug-likeness (QED) is 0.284. The van der Waals surface area contributed by atoms with Crippen molar-refractivity contribution >= 4 is 43.3 Å². The van der Waals surface area contributed by atoms with E-state index in [4.69, 9.17) is 16.8 Å². The number of ketones is 1. The van der Waals surface area contributed by atoms with Gasteiger partial charge in [0.15, 0.2) is 0 Å². The predicted molar refractivity (Wildman–Crippen MR) is 116 cm³/mol. The van der Waals surface area contributed by atoms with Gasteiger partial charge in [0.1, 0.15) is 11.8 Å². The Kier molecular flexibility index (Phi) is 6.78. The van der Waals surface area contributed by atoms with E-state index in [1.807, 2.05) is 13.8 Å². The minimum Gasteiger partial charge on any atom is -0.299 e. The van der Waals surface area contributed by atoms with Crippen molar-refractivity contribution in [3.05, 3.63) is 29.3 Å². The van der Waals surface area contributed by atoms with Crippen LogP contribution in [-0.4, -0.2) is 52.1 Å². The number of Topliss-reactive ketones (excluding diaryl/α,β-unsaturated/α-hetero) is 1. The Hall–Kier alpha value is -1.57. The van der Waals surface area contributed by atoms with Crippen molar-refractivity contribution in [1.29, 1.82) is 0 Å². The fourth-order valence-electron chi connectivity index (χ4n) is 4.83. The molecule has 2 bridgehead atoms. The number of nitrogens with one attached hydrogen (secondary N) is 3. The van der Waals surface area contributed by atoms with E-state index in [0.717, 1.165) is 6.42 Å². The molecule has 2 fully saturated rings. The van der Waals surface area contributed by atoms with Crippen LogP contribution in [0.2, 0.25) is 5.02 Å². The highest BCUT2D eigenvalue weighted by Crippen LogP contribution is 2.64. The molecular formula is C19H26ClN3O7S2. The van der Waals surface area contributed by atoms with E-state index in [1.165, 1.54) is 29.7 Å². The van der Waals surface area contributed by atoms with E-state index in [0.29, 0.717) is 17.9 Å². The molecule has 13 heteroatoms. The Morgan fingerprint density at radius 2 is 1.84 bits per heavy atom. The molecule has 2 aliphatic rings. The molecule has 32 heavy (non-hydrogen) atoms. The van der Waals surface area contributed by atoms with Crippen molar-refractivity contribution in [3.63, 3.8) is 0 Å². The van der Waals surface area contributed by atoms with Crippen LogP contribution < -0.4 is 14.9 Å². The second kappa shape index (κ2) is 8.65. The van der Waals surface area contributed by atoms with Crippen LogP contribution in [0, 0.1) is 16.7 Å². The van der Waals surface area contributed by atoms with E-state index in [2.05, 4.69) is 9.44 Å². The van der Waals surface area contributed by atoms with Gasteiger partial charge in [-0.3, -0.25) is 14.8 Å². The van der Waals surface area contributed by atoms with Crippen LogP contribution in [0.3, 0.4) is 0 Å². The molecule has 3 atom stereocenters. The molecule has 3 rings (SSSR count). The van der Waals surface area contributed by atoms with Gasteiger partial charge < -0.3 is 0 Å². The van der Waals surface area contributed by atoms with Crippen molar-refractivity contribution in [2.45, 2.75) is 44.0 Å². The molecule has 0 heterocycles. The van der Waals surface area contributed by atoms with Crippen molar-refractivity contribution in [2.75, 3.05) is 12.3 Å². The summed E-state index contributed by atoms with van der Waals surface area (Å²) in [6, 6.07) is 3.47. The lowest BCUT2D eigenvalue weighted by molar-refractivity contribution is -0.130. The molecule has 1 amide bonds. The SMILES string of the molecule is CC1(C)C2CCC1(CS(=O)(=O)NCC(NS(=O)(=O)c1ccc(Cl)cc1)C(=O)NO)C(=O)C2. The molecule has 2 aliphatic carbocycles. The smallest absolute Gasteiger partial charge is 0.262 e. The molecule has 0 spiro atoms. The number of amides is 1. The second-order valence-electron chi connectivity index (χ2n) is 8.88. The molecule has 4 N–H and O–H groups in total. The van der Waals surface area contributed by atoms with Gasteiger partial charge in [-0.05, 0) is 48.4 Å². The average molecular weight is 508 g/mol. The van der Waals surface area contributed by atoms with Crippen LogP contribution in [-0.2, 0) is 29.6 Å². The van der Waals surface area contributed by atoms with Gasteiger partial charge in [-0.2, -0.15) is 4.72 Å². The summed E-state index contributed by atoms with van der Waals surface area (Å²) in [5.74, 6) is -1.55. The fourth-order valence-corrected chi connectivity index (χ4v) is 8.00. The van der Waals surface area contributed by atoms with Gasteiger partial charge in [0.25, 0.3) is 5.91 Å². The Balaban J connectivity index is 1.75. The number of halogens is 1. The Labute approximate surface area is 192 Å². The van der Waals surface area contributed by atoms with E-state index < -0.39 is 55.1 Å². The Bertz CT molecular complexity index is 1120. The van der Waals surface area contributed by atoms with E-state index >= 15 is 0 Å². The lowest BCUT2D eigenvalue weighted by atomic mass is 9.70. The maximum absolute atomic E-state index is 12.8. The minimum atomic E-state index is -4.23. The highest BCUT2D eigenvalue weighted by Gasteiger charge is 2.65. The molecule has 0 aliphatic heterocycles. The number of hydroxylamine groups is 1. The predicted octanol–water partition coefficient (Wildman–Crippen LogP) is 0.807. The summed E-state index contributed by atoms with van der Waals surface area (Å²) in [4.78, 5) is 24.4. The third kappa shape index (κ3) is 4.57. The zero-order valence-corrected chi connectivity index (χ0v) is 20.0. The number of rotatable bonds is 9. The number of fused-ring (bicyclic) bond motifs is 2. The van der Waals surface area contributed by atoms with Gasteiger partial charge in [-0.25, -0.2) is 27.0 Å². The van der Waals surface area contributed by atoms with Crippen LogP contribution in [0.15, 0.2) is 29.2 Å². The molecule has 1 aromatic carbocycles. The van der Waals surface area contributed by atoms with Crippen LogP contribution in [0.4, 0.5) is 0 Å². The first-order valence-electron chi connectivity index (χ1n) is 9.96. The topological polar surface area (TPSA) is 159 Å². The van der Waals surface area contributed by atoms with Gasteiger partial charge in [-0.1, -0.05) is 25.4 Å². The normalized spacial score (nSPS) is 25.6. The molecule has 1 aromatic rings. The first kappa shape index (κ1) is 25.1. The first-order chi connectivity index (χ1) is 14.7. The van der Waals surface area contributed by atoms with E-state index in [-0.39, 0.29) is 16.6 Å². The summed E-state index contributed by atoms with van der Waals surface area (Å²) in [5.41, 5.74) is -0.161. The van der Waals surface area contributed by atoms with Crippen molar-refractivity contribution in [2.24, 2.45) is 16.7 Å². The van der Waals surface area contributed by atoms with Gasteiger partial charge >= 0.3 is 0 Å². The summed E-state index contributed by atoms with van der Waals surface area (Å²) >= 11 is 5.75. The third-order valence-corrected chi connectivity index (χ3v) is 10.1. The van der Waals surface area contributed by atoms with Gasteiger partial charge in [-0.15, -0.1) is 0 Å². The van der Waals surface area contributed by atoms with Gasteiger partial charge in [0.2, 0.25) is 20.0 Å². The first-order valence-corrected chi connectivity index (χ1v) is 13.5. The molecular weight excluding hydrogens is 482 g/mol. The summed E-state index contributed by atoms with van der Waals surface area (Å²) < 4.78 is 55.1. The number of carbonyl (C=O) groups excluding carboxylic acids is 2. The second-order valence-corrected chi connectivity index (χ2v) is 12.8. The summed E-state index contributed by atoms with van der Waals surface area (Å²) in [5, 5.41) is 9.29. The van der Waals surface area contributed by atoms with Crippen LogP contribution in [0.1, 0.15) is 33.1 Å². The highest BCUT2D eigenvalue weighted by atomic mass is 35.5. The lowest BCUT2D eigenvalue weighted by Crippen LogP contribution is -2.53. The van der Waals surface area contributed by atoms with E-state index in [9.17, 15) is 26.4 Å². The molecule has 10 nitrogen and oxygen atoms in total. The zero-order valence-electron chi connectivity index (χ0n) is 17.6. The van der Waals surface area contributed by atoms with Crippen molar-refractivity contribution < 1.29 is 31.6 Å². The standard InChI is InChI=1S/C19H26ClN3O7S2/c1-18(2)12-7-8-19(18,16(24)9-12)11-31(27,28)21-10-15(17(25)22-26)23-32(29,30)14-5-3-13(20)4-6-14/h3-6,12,15,21,23,26H,7-11H2,1-2H3,(H,22,25). The van der Waals surface area contributed by atoms with Crippen molar-refractivity contribution in [3.8, 4) is 0 Å². The number of hydrogen-bond donors (Lipinski definition) is 4. The largest absolute Gasteiger partial charge is 0.299 e. The molecule has 3 unspecified atom stereocenters. The summed E-state index contributed by atoms with van der Waals surface area (Å²) in [6.45, 7) is 3.14. The van der Waals surface area contributed by atoms with Crippen LogP contribution >= 0.6 is 11.6 Å². The molecule has 0 radical (unpaired) electrons. The summed E-state index contributed by atoms with van der Waals surface area (Å²) in [6.07, 6.45) is 1.58. The van der Waals surface area contributed by atoms with Gasteiger partial charge in [0, 0.05) is 23.4 Å². The lowest BCUT2D eigenvalue weighted by Gasteiger charge is -2.36. The number of carbonyl (C=O) groups is 2. The number of benzene rings is 1. The Morgan fingerprint density at radius 1 is 1.22 bits per heavy atom. The minimum absolute atomic E-state index is 0.0859. The zero-order chi connectivity index (χ0) is 23.9. The maximum atomic E-state index is 12.8. The van der Waals surface area contributed by atoms with E-state index in [1.54, 1.807) is 0 Å². The fraction of sp³-hybridized carbons (Fsp3) is 0.579. The van der Waals surface area contributed by atoms with Gasteiger partial charge in [0.05, 0.1) is 10.6 Å². The summed E-state index contributed by atoms with van der Waals surface area (Å²) in [7, 11) is -8.29. The highest BCUT2D eigenvalue weighted by molar-refractivity contribution is 7.90. The third-order valence-electron chi connectivity index (χ3n) is 6.93. The Morgan fingerprint density at radius 3 is 2.34 bits per heavy atom.